The quantitative estimate of drug-likeness (QED) is 0.546. The van der Waals surface area contributed by atoms with E-state index >= 15 is 0 Å². The highest BCUT2D eigenvalue weighted by Gasteiger charge is 2.13. The van der Waals surface area contributed by atoms with E-state index in [0.29, 0.717) is 0 Å². The van der Waals surface area contributed by atoms with E-state index in [2.05, 4.69) is 50.3 Å². The van der Waals surface area contributed by atoms with E-state index in [1.807, 2.05) is 12.1 Å². The van der Waals surface area contributed by atoms with Gasteiger partial charge in [-0.15, -0.1) is 22.7 Å². The third kappa shape index (κ3) is 2.86. The Kier molecular flexibility index (Phi) is 4.15. The molecule has 0 radical (unpaired) electrons. The summed E-state index contributed by atoms with van der Waals surface area (Å²) in [5.41, 5.74) is 2.28. The van der Waals surface area contributed by atoms with Crippen molar-refractivity contribution in [1.82, 2.24) is 9.97 Å². The van der Waals surface area contributed by atoms with Crippen LogP contribution in [0.25, 0.3) is 21.3 Å². The van der Waals surface area contributed by atoms with Crippen LogP contribution in [0.1, 0.15) is 4.88 Å². The summed E-state index contributed by atoms with van der Waals surface area (Å²) in [5, 5.41) is 8.74. The molecule has 4 rings (SSSR count). The van der Waals surface area contributed by atoms with Crippen molar-refractivity contribution in [3.05, 3.63) is 58.4 Å². The first kappa shape index (κ1) is 15.1. The van der Waals surface area contributed by atoms with E-state index in [-0.39, 0.29) is 0 Å². The fraction of sp³-hybridized carbons (Fsp3) is 0.111. The van der Waals surface area contributed by atoms with Crippen LogP contribution < -0.4 is 10.1 Å². The van der Waals surface area contributed by atoms with Crippen molar-refractivity contribution in [1.29, 1.82) is 0 Å². The molecule has 3 heterocycles. The molecule has 0 aliphatic rings. The molecule has 0 bridgehead atoms. The van der Waals surface area contributed by atoms with Gasteiger partial charge in [-0.1, -0.05) is 18.2 Å². The third-order valence-corrected chi connectivity index (χ3v) is 5.54. The Morgan fingerprint density at radius 3 is 2.71 bits per heavy atom. The highest BCUT2D eigenvalue weighted by Crippen LogP contribution is 2.37. The first-order chi connectivity index (χ1) is 11.8. The number of rotatable bonds is 5. The van der Waals surface area contributed by atoms with Gasteiger partial charge in [0.1, 0.15) is 22.7 Å². The molecule has 1 aromatic carbocycles. The van der Waals surface area contributed by atoms with E-state index in [0.717, 1.165) is 39.5 Å². The minimum Gasteiger partial charge on any atom is -0.497 e. The SMILES string of the molecule is COc1ccc(-c2csc3ncnc(NCc4cccs4)c23)cc1. The first-order valence-electron chi connectivity index (χ1n) is 7.48. The minimum atomic E-state index is 0.766. The highest BCUT2D eigenvalue weighted by molar-refractivity contribution is 7.17. The van der Waals surface area contributed by atoms with Crippen molar-refractivity contribution in [3.8, 4) is 16.9 Å². The van der Waals surface area contributed by atoms with Gasteiger partial charge < -0.3 is 10.1 Å². The number of anilines is 1. The topological polar surface area (TPSA) is 47.0 Å². The number of ether oxygens (including phenoxy) is 1. The van der Waals surface area contributed by atoms with E-state index in [4.69, 9.17) is 4.74 Å². The van der Waals surface area contributed by atoms with Gasteiger partial charge in [0.2, 0.25) is 0 Å². The smallest absolute Gasteiger partial charge is 0.139 e. The Labute approximate surface area is 147 Å². The molecule has 24 heavy (non-hydrogen) atoms. The second-order valence-corrected chi connectivity index (χ2v) is 7.10. The van der Waals surface area contributed by atoms with Crippen molar-refractivity contribution >= 4 is 38.7 Å². The summed E-state index contributed by atoms with van der Waals surface area (Å²) in [6.45, 7) is 0.766. The monoisotopic (exact) mass is 353 g/mol. The first-order valence-corrected chi connectivity index (χ1v) is 9.24. The molecule has 0 saturated carbocycles. The van der Waals surface area contributed by atoms with Crippen LogP contribution in [-0.2, 0) is 6.54 Å². The minimum absolute atomic E-state index is 0.766. The number of methoxy groups -OCH3 is 1. The largest absolute Gasteiger partial charge is 0.497 e. The lowest BCUT2D eigenvalue weighted by atomic mass is 10.1. The predicted molar refractivity (Wildman–Crippen MR) is 101 cm³/mol. The van der Waals surface area contributed by atoms with Crippen LogP contribution >= 0.6 is 22.7 Å². The van der Waals surface area contributed by atoms with Crippen LogP contribution in [0.15, 0.2) is 53.5 Å². The average molecular weight is 353 g/mol. The fourth-order valence-electron chi connectivity index (χ4n) is 2.58. The maximum absolute atomic E-state index is 5.24. The van der Waals surface area contributed by atoms with Crippen molar-refractivity contribution in [2.75, 3.05) is 12.4 Å². The zero-order valence-corrected chi connectivity index (χ0v) is 14.7. The number of benzene rings is 1. The van der Waals surface area contributed by atoms with Gasteiger partial charge in [0.15, 0.2) is 0 Å². The van der Waals surface area contributed by atoms with Crippen LogP contribution in [0.5, 0.6) is 5.75 Å². The lowest BCUT2D eigenvalue weighted by Crippen LogP contribution is -2.00. The number of fused-ring (bicyclic) bond motifs is 1. The van der Waals surface area contributed by atoms with E-state index in [9.17, 15) is 0 Å². The summed E-state index contributed by atoms with van der Waals surface area (Å²) in [6.07, 6.45) is 1.62. The molecule has 120 valence electrons. The molecule has 4 aromatic rings. The number of hydrogen-bond acceptors (Lipinski definition) is 6. The lowest BCUT2D eigenvalue weighted by Gasteiger charge is -2.08. The maximum atomic E-state index is 5.24. The Hall–Kier alpha value is -2.44. The zero-order chi connectivity index (χ0) is 16.4. The molecular weight excluding hydrogens is 338 g/mol. The maximum Gasteiger partial charge on any atom is 0.139 e. The lowest BCUT2D eigenvalue weighted by molar-refractivity contribution is 0.415. The van der Waals surface area contributed by atoms with Crippen molar-refractivity contribution in [2.45, 2.75) is 6.54 Å². The zero-order valence-electron chi connectivity index (χ0n) is 13.0. The van der Waals surface area contributed by atoms with E-state index in [1.54, 1.807) is 36.1 Å². The number of nitrogens with one attached hydrogen (secondary N) is 1. The van der Waals surface area contributed by atoms with E-state index < -0.39 is 0 Å². The molecule has 0 unspecified atom stereocenters. The second-order valence-electron chi connectivity index (χ2n) is 5.21. The van der Waals surface area contributed by atoms with Gasteiger partial charge in [-0.2, -0.15) is 0 Å². The Bertz CT molecular complexity index is 946. The summed E-state index contributed by atoms with van der Waals surface area (Å²) in [5.74, 6) is 1.73. The summed E-state index contributed by atoms with van der Waals surface area (Å²) in [6, 6.07) is 12.3. The molecule has 0 aliphatic heterocycles. The molecule has 6 heteroatoms. The third-order valence-electron chi connectivity index (χ3n) is 3.78. The Morgan fingerprint density at radius 1 is 1.08 bits per heavy atom. The molecule has 0 amide bonds. The second kappa shape index (κ2) is 6.59. The number of thiophene rings is 2. The number of aromatic nitrogens is 2. The highest BCUT2D eigenvalue weighted by atomic mass is 32.1. The molecule has 0 atom stereocenters. The van der Waals surface area contributed by atoms with Crippen LogP contribution in [-0.4, -0.2) is 17.1 Å². The normalized spacial score (nSPS) is 10.9. The van der Waals surface area contributed by atoms with E-state index in [1.165, 1.54) is 4.88 Å². The fourth-order valence-corrected chi connectivity index (χ4v) is 4.14. The standard InChI is InChI=1S/C18H15N3OS2/c1-22-13-6-4-12(5-7-13)15-10-24-18-16(15)17(20-11-21-18)19-9-14-3-2-8-23-14/h2-8,10-11H,9H2,1H3,(H,19,20,21). The molecule has 3 aromatic heterocycles. The van der Waals surface area contributed by atoms with Gasteiger partial charge in [-0.05, 0) is 29.1 Å². The van der Waals surface area contributed by atoms with Crippen LogP contribution in [0.2, 0.25) is 0 Å². The molecule has 0 fully saturated rings. The average Bonchev–Trinajstić information content (AvgIpc) is 3.30. The molecule has 4 nitrogen and oxygen atoms in total. The van der Waals surface area contributed by atoms with Gasteiger partial charge in [-0.25, -0.2) is 9.97 Å². The van der Waals surface area contributed by atoms with Crippen molar-refractivity contribution < 1.29 is 4.74 Å². The van der Waals surface area contributed by atoms with Crippen LogP contribution in [0, 0.1) is 0 Å². The van der Waals surface area contributed by atoms with Gasteiger partial charge in [-0.3, -0.25) is 0 Å². The number of hydrogen-bond donors (Lipinski definition) is 1. The molecule has 0 aliphatic carbocycles. The predicted octanol–water partition coefficient (Wildman–Crippen LogP) is 5.04. The van der Waals surface area contributed by atoms with Crippen LogP contribution in [0.3, 0.4) is 0 Å². The molecule has 0 spiro atoms. The summed E-state index contributed by atoms with van der Waals surface area (Å²) < 4.78 is 5.24. The van der Waals surface area contributed by atoms with Gasteiger partial charge in [0, 0.05) is 15.8 Å². The summed E-state index contributed by atoms with van der Waals surface area (Å²) in [4.78, 5) is 11.1. The van der Waals surface area contributed by atoms with Gasteiger partial charge in [0.05, 0.1) is 19.0 Å². The Morgan fingerprint density at radius 2 is 1.96 bits per heavy atom. The number of nitrogens with zero attached hydrogens (tertiary/aromatic N) is 2. The van der Waals surface area contributed by atoms with Gasteiger partial charge in [0.25, 0.3) is 0 Å². The summed E-state index contributed by atoms with van der Waals surface area (Å²) >= 11 is 3.37. The van der Waals surface area contributed by atoms with Crippen molar-refractivity contribution in [3.63, 3.8) is 0 Å². The van der Waals surface area contributed by atoms with Gasteiger partial charge >= 0.3 is 0 Å². The molecule has 1 N–H and O–H groups in total. The summed E-state index contributed by atoms with van der Waals surface area (Å²) in [7, 11) is 1.68. The van der Waals surface area contributed by atoms with Crippen LogP contribution in [0.4, 0.5) is 5.82 Å². The molecular formula is C18H15N3OS2. The molecule has 0 saturated heterocycles. The van der Waals surface area contributed by atoms with Crippen molar-refractivity contribution in [2.24, 2.45) is 0 Å². The Balaban J connectivity index is 1.73.